The van der Waals surface area contributed by atoms with Crippen LogP contribution in [-0.2, 0) is 6.54 Å². The molecule has 19 heavy (non-hydrogen) atoms. The Morgan fingerprint density at radius 3 is 3.00 bits per heavy atom. The van der Waals surface area contributed by atoms with Crippen LogP contribution in [0.3, 0.4) is 0 Å². The quantitative estimate of drug-likeness (QED) is 0.896. The molecule has 4 nitrogen and oxygen atoms in total. The second kappa shape index (κ2) is 6.46. The van der Waals surface area contributed by atoms with Gasteiger partial charge >= 0.3 is 0 Å². The highest BCUT2D eigenvalue weighted by molar-refractivity contribution is 5.85. The van der Waals surface area contributed by atoms with Crippen molar-refractivity contribution < 1.29 is 9.47 Å². The molecule has 0 aliphatic carbocycles. The van der Waals surface area contributed by atoms with Gasteiger partial charge in [-0.25, -0.2) is 0 Å². The molecule has 1 saturated heterocycles. The van der Waals surface area contributed by atoms with Crippen LogP contribution >= 0.6 is 12.4 Å². The van der Waals surface area contributed by atoms with Crippen molar-refractivity contribution in [3.8, 4) is 11.5 Å². The Labute approximate surface area is 120 Å². The van der Waals surface area contributed by atoms with E-state index in [0.29, 0.717) is 19.3 Å². The van der Waals surface area contributed by atoms with E-state index in [1.165, 1.54) is 5.56 Å². The molecule has 1 aromatic rings. The highest BCUT2D eigenvalue weighted by Crippen LogP contribution is 2.34. The van der Waals surface area contributed by atoms with Gasteiger partial charge in [0.1, 0.15) is 13.2 Å². The van der Waals surface area contributed by atoms with Gasteiger partial charge < -0.3 is 14.8 Å². The Balaban J connectivity index is 0.00000133. The fourth-order valence-corrected chi connectivity index (χ4v) is 2.66. The fourth-order valence-electron chi connectivity index (χ4n) is 2.66. The lowest BCUT2D eigenvalue weighted by atomic mass is 10.1. The van der Waals surface area contributed by atoms with Gasteiger partial charge in [0.15, 0.2) is 11.5 Å². The number of para-hydroxylation sites is 1. The number of halogens is 1. The third kappa shape index (κ3) is 3.32. The zero-order chi connectivity index (χ0) is 12.4. The molecule has 0 saturated carbocycles. The first kappa shape index (κ1) is 14.4. The van der Waals surface area contributed by atoms with Crippen LogP contribution in [-0.4, -0.2) is 43.8 Å². The van der Waals surface area contributed by atoms with Crippen molar-refractivity contribution in [2.24, 2.45) is 0 Å². The first-order valence-corrected chi connectivity index (χ1v) is 6.66. The van der Waals surface area contributed by atoms with Gasteiger partial charge in [-0.15, -0.1) is 12.4 Å². The molecule has 0 bridgehead atoms. The molecule has 0 spiro atoms. The minimum Gasteiger partial charge on any atom is -0.486 e. The fraction of sp³-hybridized carbons (Fsp3) is 0.571. The van der Waals surface area contributed by atoms with E-state index < -0.39 is 0 Å². The Morgan fingerprint density at radius 2 is 2.16 bits per heavy atom. The zero-order valence-electron chi connectivity index (χ0n) is 11.2. The molecule has 1 N–H and O–H groups in total. The standard InChI is InChI=1S/C14H20N2O2.ClH/c1-11-9-16(6-5-15-11)10-12-3-2-4-13-14(12)18-8-7-17-13;/h2-4,11,15H,5-10H2,1H3;1H/t11-;/m0./s1. The Bertz CT molecular complexity index is 428. The van der Waals surface area contributed by atoms with E-state index in [2.05, 4.69) is 29.3 Å². The van der Waals surface area contributed by atoms with Gasteiger partial charge in [0.25, 0.3) is 0 Å². The summed E-state index contributed by atoms with van der Waals surface area (Å²) in [4.78, 5) is 2.47. The number of hydrogen-bond acceptors (Lipinski definition) is 4. The summed E-state index contributed by atoms with van der Waals surface area (Å²) in [5.74, 6) is 1.83. The van der Waals surface area contributed by atoms with Crippen LogP contribution < -0.4 is 14.8 Å². The number of nitrogens with zero attached hydrogens (tertiary/aromatic N) is 1. The van der Waals surface area contributed by atoms with Crippen LogP contribution in [0.1, 0.15) is 12.5 Å². The van der Waals surface area contributed by atoms with Crippen molar-refractivity contribution in [3.05, 3.63) is 23.8 Å². The molecule has 1 atom stereocenters. The zero-order valence-corrected chi connectivity index (χ0v) is 12.0. The molecule has 0 aromatic heterocycles. The molecule has 0 amide bonds. The topological polar surface area (TPSA) is 33.7 Å². The molecule has 1 aromatic carbocycles. The highest BCUT2D eigenvalue weighted by atomic mass is 35.5. The molecule has 3 rings (SSSR count). The van der Waals surface area contributed by atoms with Gasteiger partial charge in [-0.2, -0.15) is 0 Å². The largest absolute Gasteiger partial charge is 0.486 e. The SMILES string of the molecule is C[C@H]1CN(Cc2cccc3c2OCCO3)CCN1.Cl. The summed E-state index contributed by atoms with van der Waals surface area (Å²) in [5.41, 5.74) is 1.24. The number of piperazine rings is 1. The number of benzene rings is 1. The van der Waals surface area contributed by atoms with Crippen molar-refractivity contribution in [2.45, 2.75) is 19.5 Å². The normalized spacial score (nSPS) is 22.7. The van der Waals surface area contributed by atoms with E-state index >= 15 is 0 Å². The van der Waals surface area contributed by atoms with E-state index in [4.69, 9.17) is 9.47 Å². The number of nitrogens with one attached hydrogen (secondary N) is 1. The predicted molar refractivity (Wildman–Crippen MR) is 77.4 cm³/mol. The summed E-state index contributed by atoms with van der Waals surface area (Å²) >= 11 is 0. The van der Waals surface area contributed by atoms with Gasteiger partial charge in [0.2, 0.25) is 0 Å². The number of rotatable bonds is 2. The van der Waals surface area contributed by atoms with E-state index in [-0.39, 0.29) is 12.4 Å². The van der Waals surface area contributed by atoms with Crippen LogP contribution in [0, 0.1) is 0 Å². The van der Waals surface area contributed by atoms with E-state index in [0.717, 1.165) is 37.7 Å². The second-order valence-electron chi connectivity index (χ2n) is 5.03. The summed E-state index contributed by atoms with van der Waals surface area (Å²) in [6, 6.07) is 6.74. The number of hydrogen-bond donors (Lipinski definition) is 1. The molecule has 2 heterocycles. The molecule has 106 valence electrons. The Kier molecular flexibility index (Phi) is 4.91. The van der Waals surface area contributed by atoms with Crippen LogP contribution in [0.2, 0.25) is 0 Å². The molecule has 0 radical (unpaired) electrons. The summed E-state index contributed by atoms with van der Waals surface area (Å²) in [6.07, 6.45) is 0. The summed E-state index contributed by atoms with van der Waals surface area (Å²) < 4.78 is 11.4. The third-order valence-electron chi connectivity index (χ3n) is 3.49. The van der Waals surface area contributed by atoms with Crippen LogP contribution in [0.15, 0.2) is 18.2 Å². The molecular weight excluding hydrogens is 264 g/mol. The highest BCUT2D eigenvalue weighted by Gasteiger charge is 2.20. The lowest BCUT2D eigenvalue weighted by Gasteiger charge is -2.32. The predicted octanol–water partition coefficient (Wildman–Crippen LogP) is 1.67. The summed E-state index contributed by atoms with van der Waals surface area (Å²) in [6.45, 7) is 7.72. The average Bonchev–Trinajstić information content (AvgIpc) is 2.39. The number of fused-ring (bicyclic) bond motifs is 1. The number of ether oxygens (including phenoxy) is 2. The maximum Gasteiger partial charge on any atom is 0.165 e. The molecule has 1 fully saturated rings. The van der Waals surface area contributed by atoms with Crippen molar-refractivity contribution in [2.75, 3.05) is 32.8 Å². The molecular formula is C14H21ClN2O2. The van der Waals surface area contributed by atoms with Gasteiger partial charge in [0.05, 0.1) is 0 Å². The first-order chi connectivity index (χ1) is 8.83. The molecule has 0 unspecified atom stereocenters. The lowest BCUT2D eigenvalue weighted by Crippen LogP contribution is -2.48. The van der Waals surface area contributed by atoms with Crippen molar-refractivity contribution >= 4 is 12.4 Å². The Hall–Kier alpha value is -0.970. The van der Waals surface area contributed by atoms with E-state index in [1.54, 1.807) is 0 Å². The van der Waals surface area contributed by atoms with Crippen LogP contribution in [0.4, 0.5) is 0 Å². The Morgan fingerprint density at radius 1 is 1.32 bits per heavy atom. The molecule has 2 aliphatic rings. The first-order valence-electron chi connectivity index (χ1n) is 6.66. The van der Waals surface area contributed by atoms with Gasteiger partial charge in [0, 0.05) is 37.8 Å². The van der Waals surface area contributed by atoms with Crippen LogP contribution in [0.5, 0.6) is 11.5 Å². The van der Waals surface area contributed by atoms with Crippen molar-refractivity contribution in [1.82, 2.24) is 10.2 Å². The minimum atomic E-state index is 0. The van der Waals surface area contributed by atoms with E-state index in [9.17, 15) is 0 Å². The monoisotopic (exact) mass is 284 g/mol. The van der Waals surface area contributed by atoms with Crippen molar-refractivity contribution in [3.63, 3.8) is 0 Å². The summed E-state index contributed by atoms with van der Waals surface area (Å²) in [5, 5.41) is 3.46. The molecule has 5 heteroatoms. The van der Waals surface area contributed by atoms with Crippen LogP contribution in [0.25, 0.3) is 0 Å². The van der Waals surface area contributed by atoms with Gasteiger partial charge in [-0.1, -0.05) is 12.1 Å². The smallest absolute Gasteiger partial charge is 0.165 e. The van der Waals surface area contributed by atoms with Crippen molar-refractivity contribution in [1.29, 1.82) is 0 Å². The van der Waals surface area contributed by atoms with Gasteiger partial charge in [-0.3, -0.25) is 4.90 Å². The maximum atomic E-state index is 5.76. The second-order valence-corrected chi connectivity index (χ2v) is 5.03. The third-order valence-corrected chi connectivity index (χ3v) is 3.49. The lowest BCUT2D eigenvalue weighted by molar-refractivity contribution is 0.162. The maximum absolute atomic E-state index is 5.76. The minimum absolute atomic E-state index is 0. The van der Waals surface area contributed by atoms with E-state index in [1.807, 2.05) is 6.07 Å². The molecule has 2 aliphatic heterocycles. The average molecular weight is 285 g/mol. The summed E-state index contributed by atoms with van der Waals surface area (Å²) in [7, 11) is 0. The van der Waals surface area contributed by atoms with Gasteiger partial charge in [-0.05, 0) is 13.0 Å².